The molecular formula is C12H11N3O4S. The minimum absolute atomic E-state index is 0.121. The van der Waals surface area contributed by atoms with Crippen LogP contribution in [0.4, 0.5) is 0 Å². The minimum atomic E-state index is -0.538. The number of amides is 1. The first-order chi connectivity index (χ1) is 9.60. The molecule has 0 atom stereocenters. The van der Waals surface area contributed by atoms with Gasteiger partial charge in [0.2, 0.25) is 10.9 Å². The topological polar surface area (TPSA) is 104 Å². The van der Waals surface area contributed by atoms with Gasteiger partial charge in [-0.3, -0.25) is 4.79 Å². The van der Waals surface area contributed by atoms with Crippen LogP contribution in [0, 0.1) is 0 Å². The molecule has 1 amide bonds. The SMILES string of the molecule is CCOC(=O)c1nnc(Oc2ccc(C(N)=O)cc2)s1. The molecular weight excluding hydrogens is 282 g/mol. The van der Waals surface area contributed by atoms with E-state index in [4.69, 9.17) is 15.2 Å². The Balaban J connectivity index is 2.06. The molecule has 0 saturated heterocycles. The Morgan fingerprint density at radius 1 is 1.25 bits per heavy atom. The van der Waals surface area contributed by atoms with Crippen molar-refractivity contribution in [1.82, 2.24) is 10.2 Å². The molecule has 0 fully saturated rings. The van der Waals surface area contributed by atoms with Gasteiger partial charge in [-0.2, -0.15) is 0 Å². The van der Waals surface area contributed by atoms with Crippen molar-refractivity contribution in [3.8, 4) is 10.9 Å². The Morgan fingerprint density at radius 2 is 1.95 bits per heavy atom. The minimum Gasteiger partial charge on any atom is -0.461 e. The van der Waals surface area contributed by atoms with Gasteiger partial charge in [0.05, 0.1) is 6.61 Å². The van der Waals surface area contributed by atoms with Crippen molar-refractivity contribution in [3.63, 3.8) is 0 Å². The number of carbonyl (C=O) groups is 2. The molecule has 20 heavy (non-hydrogen) atoms. The number of primary amides is 1. The van der Waals surface area contributed by atoms with E-state index in [1.54, 1.807) is 19.1 Å². The van der Waals surface area contributed by atoms with Crippen LogP contribution in [0.3, 0.4) is 0 Å². The van der Waals surface area contributed by atoms with E-state index in [9.17, 15) is 9.59 Å². The number of carbonyl (C=O) groups excluding carboxylic acids is 2. The van der Waals surface area contributed by atoms with Crippen LogP contribution in [-0.2, 0) is 4.74 Å². The van der Waals surface area contributed by atoms with Crippen molar-refractivity contribution in [2.24, 2.45) is 5.73 Å². The fraction of sp³-hybridized carbons (Fsp3) is 0.167. The fourth-order valence-corrected chi connectivity index (χ4v) is 1.92. The van der Waals surface area contributed by atoms with Gasteiger partial charge in [-0.1, -0.05) is 5.10 Å². The van der Waals surface area contributed by atoms with Crippen LogP contribution in [0.2, 0.25) is 0 Å². The molecule has 8 heteroatoms. The number of ether oxygens (including phenoxy) is 2. The molecule has 2 aromatic rings. The Kier molecular flexibility index (Phi) is 4.26. The van der Waals surface area contributed by atoms with E-state index in [0.717, 1.165) is 11.3 Å². The summed E-state index contributed by atoms with van der Waals surface area (Å²) in [7, 11) is 0. The highest BCUT2D eigenvalue weighted by Gasteiger charge is 2.15. The maximum atomic E-state index is 11.4. The summed E-state index contributed by atoms with van der Waals surface area (Å²) < 4.78 is 10.2. The molecule has 0 aliphatic rings. The summed E-state index contributed by atoms with van der Waals surface area (Å²) in [6.45, 7) is 1.97. The first-order valence-electron chi connectivity index (χ1n) is 5.68. The Bertz CT molecular complexity index is 624. The lowest BCUT2D eigenvalue weighted by Crippen LogP contribution is -2.10. The zero-order valence-corrected chi connectivity index (χ0v) is 11.3. The number of benzene rings is 1. The van der Waals surface area contributed by atoms with Crippen LogP contribution in [0.1, 0.15) is 27.1 Å². The predicted molar refractivity (Wildman–Crippen MR) is 70.9 cm³/mol. The normalized spacial score (nSPS) is 10.1. The molecule has 1 heterocycles. The highest BCUT2D eigenvalue weighted by atomic mass is 32.1. The summed E-state index contributed by atoms with van der Waals surface area (Å²) >= 11 is 0.976. The van der Waals surface area contributed by atoms with Gasteiger partial charge < -0.3 is 15.2 Å². The van der Waals surface area contributed by atoms with Gasteiger partial charge in [0, 0.05) is 5.56 Å². The maximum absolute atomic E-state index is 11.4. The lowest BCUT2D eigenvalue weighted by Gasteiger charge is -2.01. The summed E-state index contributed by atoms with van der Waals surface area (Å²) in [6.07, 6.45) is 0. The number of nitrogens with two attached hydrogens (primary N) is 1. The van der Waals surface area contributed by atoms with Crippen LogP contribution in [0.25, 0.3) is 0 Å². The van der Waals surface area contributed by atoms with E-state index in [1.807, 2.05) is 0 Å². The second kappa shape index (κ2) is 6.11. The van der Waals surface area contributed by atoms with Gasteiger partial charge in [-0.05, 0) is 42.5 Å². The summed E-state index contributed by atoms with van der Waals surface area (Å²) in [5.74, 6) is -0.595. The van der Waals surface area contributed by atoms with Crippen molar-refractivity contribution in [2.75, 3.05) is 6.61 Å². The quantitative estimate of drug-likeness (QED) is 0.840. The van der Waals surface area contributed by atoms with Crippen LogP contribution in [0.15, 0.2) is 24.3 Å². The molecule has 0 aliphatic heterocycles. The second-order valence-corrected chi connectivity index (χ2v) is 4.52. The van der Waals surface area contributed by atoms with Gasteiger partial charge in [-0.25, -0.2) is 4.79 Å². The van der Waals surface area contributed by atoms with Gasteiger partial charge in [-0.15, -0.1) is 5.10 Å². The maximum Gasteiger partial charge on any atom is 0.369 e. The summed E-state index contributed by atoms with van der Waals surface area (Å²) in [4.78, 5) is 22.3. The Hall–Kier alpha value is -2.48. The highest BCUT2D eigenvalue weighted by molar-refractivity contribution is 7.14. The van der Waals surface area contributed by atoms with E-state index in [-0.39, 0.29) is 16.8 Å². The third kappa shape index (κ3) is 3.29. The first-order valence-corrected chi connectivity index (χ1v) is 6.50. The number of esters is 1. The molecule has 7 nitrogen and oxygen atoms in total. The van der Waals surface area contributed by atoms with E-state index >= 15 is 0 Å². The van der Waals surface area contributed by atoms with Crippen LogP contribution in [0.5, 0.6) is 10.9 Å². The summed E-state index contributed by atoms with van der Waals surface area (Å²) in [5.41, 5.74) is 5.51. The van der Waals surface area contributed by atoms with E-state index < -0.39 is 11.9 Å². The van der Waals surface area contributed by atoms with Crippen molar-refractivity contribution in [1.29, 1.82) is 0 Å². The number of aromatic nitrogens is 2. The fourth-order valence-electron chi connectivity index (χ4n) is 1.31. The first kappa shape index (κ1) is 13.9. The number of rotatable bonds is 5. The molecule has 0 unspecified atom stereocenters. The second-order valence-electron chi connectivity index (χ2n) is 3.58. The average Bonchev–Trinajstić information content (AvgIpc) is 2.88. The van der Waals surface area contributed by atoms with E-state index in [0.29, 0.717) is 11.3 Å². The average molecular weight is 293 g/mol. The lowest BCUT2D eigenvalue weighted by atomic mass is 10.2. The Morgan fingerprint density at radius 3 is 2.55 bits per heavy atom. The molecule has 1 aromatic heterocycles. The number of hydrogen-bond acceptors (Lipinski definition) is 7. The van der Waals surface area contributed by atoms with E-state index in [1.165, 1.54) is 12.1 Å². The Labute approximate surface area is 118 Å². The van der Waals surface area contributed by atoms with Gasteiger partial charge >= 0.3 is 5.97 Å². The molecule has 0 radical (unpaired) electrons. The molecule has 2 rings (SSSR count). The van der Waals surface area contributed by atoms with Crippen LogP contribution >= 0.6 is 11.3 Å². The highest BCUT2D eigenvalue weighted by Crippen LogP contribution is 2.25. The van der Waals surface area contributed by atoms with E-state index in [2.05, 4.69) is 10.2 Å². The zero-order chi connectivity index (χ0) is 14.5. The zero-order valence-electron chi connectivity index (χ0n) is 10.5. The van der Waals surface area contributed by atoms with Crippen molar-refractivity contribution >= 4 is 23.2 Å². The van der Waals surface area contributed by atoms with Crippen molar-refractivity contribution in [3.05, 3.63) is 34.8 Å². The largest absolute Gasteiger partial charge is 0.461 e. The van der Waals surface area contributed by atoms with Crippen molar-refractivity contribution in [2.45, 2.75) is 6.92 Å². The molecule has 2 N–H and O–H groups in total. The molecule has 104 valence electrons. The summed E-state index contributed by atoms with van der Waals surface area (Å²) in [6, 6.07) is 6.22. The standard InChI is InChI=1S/C12H11N3O4S/c1-2-18-11(17)10-14-15-12(20-10)19-8-5-3-7(4-6-8)9(13)16/h3-6H,2H2,1H3,(H2,13,16). The van der Waals surface area contributed by atoms with Crippen LogP contribution < -0.4 is 10.5 Å². The van der Waals surface area contributed by atoms with Gasteiger partial charge in [0.1, 0.15) is 5.75 Å². The van der Waals surface area contributed by atoms with Gasteiger partial charge in [0.15, 0.2) is 0 Å². The molecule has 0 aliphatic carbocycles. The number of nitrogens with zero attached hydrogens (tertiary/aromatic N) is 2. The molecule has 0 spiro atoms. The van der Waals surface area contributed by atoms with Crippen LogP contribution in [-0.4, -0.2) is 28.7 Å². The molecule has 1 aromatic carbocycles. The lowest BCUT2D eigenvalue weighted by molar-refractivity contribution is 0.0525. The smallest absolute Gasteiger partial charge is 0.369 e. The summed E-state index contributed by atoms with van der Waals surface area (Å²) in [5, 5.41) is 7.73. The van der Waals surface area contributed by atoms with Gasteiger partial charge in [0.25, 0.3) is 5.19 Å². The number of hydrogen-bond donors (Lipinski definition) is 1. The molecule has 0 bridgehead atoms. The van der Waals surface area contributed by atoms with Crippen molar-refractivity contribution < 1.29 is 19.1 Å². The molecule has 0 saturated carbocycles. The predicted octanol–water partition coefficient (Wildman–Crippen LogP) is 1.61. The third-order valence-corrected chi connectivity index (χ3v) is 2.98. The third-order valence-electron chi connectivity index (χ3n) is 2.20. The monoisotopic (exact) mass is 293 g/mol.